The normalized spacial score (nSPS) is 16.0. The first kappa shape index (κ1) is 21.0. The van der Waals surface area contributed by atoms with Crippen LogP contribution in [-0.2, 0) is 14.4 Å². The highest BCUT2D eigenvalue weighted by molar-refractivity contribution is 6.02. The summed E-state index contributed by atoms with van der Waals surface area (Å²) in [5.74, 6) is 1.72. The number of benzene rings is 1. The number of nitrogens with zero attached hydrogens (tertiary/aromatic N) is 3. The van der Waals surface area contributed by atoms with E-state index >= 15 is 0 Å². The van der Waals surface area contributed by atoms with E-state index in [9.17, 15) is 19.2 Å². The zero-order chi connectivity index (χ0) is 21.6. The molecule has 1 aromatic carbocycles. The second kappa shape index (κ2) is 9.17. The number of terminal acetylenes is 1. The Hall–Kier alpha value is -3.74. The maximum Gasteiger partial charge on any atom is 0.324 e. The fourth-order valence-electron chi connectivity index (χ4n) is 2.96. The Morgan fingerprint density at radius 1 is 1.07 bits per heavy atom. The van der Waals surface area contributed by atoms with Crippen molar-refractivity contribution in [1.29, 1.82) is 0 Å². The second-order valence-corrected chi connectivity index (χ2v) is 7.01. The largest absolute Gasteiger partial charge is 0.329 e. The molecule has 0 unspecified atom stereocenters. The smallest absolute Gasteiger partial charge is 0.324 e. The molecule has 0 atom stereocenters. The zero-order valence-electron chi connectivity index (χ0n) is 16.3. The molecule has 156 valence electrons. The van der Waals surface area contributed by atoms with Gasteiger partial charge in [0.2, 0.25) is 17.7 Å². The minimum absolute atomic E-state index is 0.00478. The average Bonchev–Trinajstić information content (AvgIpc) is 3.43. The van der Waals surface area contributed by atoms with E-state index in [2.05, 4.69) is 32.1 Å². The first-order valence-corrected chi connectivity index (χ1v) is 9.56. The van der Waals surface area contributed by atoms with E-state index < -0.39 is 11.7 Å². The second-order valence-electron chi connectivity index (χ2n) is 7.01. The van der Waals surface area contributed by atoms with Crippen LogP contribution in [0.2, 0.25) is 0 Å². The molecule has 0 saturated carbocycles. The van der Waals surface area contributed by atoms with E-state index in [1.165, 1.54) is 0 Å². The summed E-state index contributed by atoms with van der Waals surface area (Å²) in [6, 6.07) is 6.16. The molecule has 1 saturated heterocycles. The lowest BCUT2D eigenvalue weighted by Gasteiger charge is -2.12. The highest BCUT2D eigenvalue weighted by atomic mass is 16.2. The molecule has 0 aromatic heterocycles. The molecule has 5 amide bonds. The summed E-state index contributed by atoms with van der Waals surface area (Å²) in [5, 5.41) is 15.9. The lowest BCUT2D eigenvalue weighted by Crippen LogP contribution is -2.33. The lowest BCUT2D eigenvalue weighted by atomic mass is 10.0. The van der Waals surface area contributed by atoms with Crippen molar-refractivity contribution in [2.75, 3.05) is 23.7 Å². The summed E-state index contributed by atoms with van der Waals surface area (Å²) in [7, 11) is 0. The number of urea groups is 1. The van der Waals surface area contributed by atoms with Gasteiger partial charge in [0.15, 0.2) is 5.66 Å². The number of hydrogen-bond donors (Lipinski definition) is 3. The zero-order valence-corrected chi connectivity index (χ0v) is 16.3. The van der Waals surface area contributed by atoms with Crippen molar-refractivity contribution >= 4 is 35.1 Å². The molecule has 30 heavy (non-hydrogen) atoms. The number of anilines is 2. The maximum atomic E-state index is 12.1. The molecule has 0 aliphatic carbocycles. The predicted octanol–water partition coefficient (Wildman–Crippen LogP) is 1.86. The summed E-state index contributed by atoms with van der Waals surface area (Å²) in [5.41, 5.74) is 0.650. The van der Waals surface area contributed by atoms with Gasteiger partial charge in [0.25, 0.3) is 0 Å². The Kier molecular flexibility index (Phi) is 6.41. The fourth-order valence-corrected chi connectivity index (χ4v) is 2.96. The number of hydrogen-bond acceptors (Lipinski definition) is 6. The third-order valence-corrected chi connectivity index (χ3v) is 4.76. The number of carbonyl (C=O) groups excluding carboxylic acids is 4. The summed E-state index contributed by atoms with van der Waals surface area (Å²) in [6.45, 7) is -0.0187. The van der Waals surface area contributed by atoms with Gasteiger partial charge in [0.1, 0.15) is 0 Å². The molecule has 3 rings (SSSR count). The van der Waals surface area contributed by atoms with Crippen LogP contribution < -0.4 is 16.0 Å². The van der Waals surface area contributed by atoms with Crippen LogP contribution in [0.5, 0.6) is 0 Å². The van der Waals surface area contributed by atoms with Gasteiger partial charge in [-0.3, -0.25) is 19.3 Å². The number of nitrogens with one attached hydrogen (secondary N) is 3. The van der Waals surface area contributed by atoms with E-state index in [0.29, 0.717) is 30.6 Å². The van der Waals surface area contributed by atoms with Crippen LogP contribution in [0.4, 0.5) is 16.2 Å². The molecular formula is C20H22N6O4. The number of amides is 5. The quantitative estimate of drug-likeness (QED) is 0.401. The van der Waals surface area contributed by atoms with Gasteiger partial charge < -0.3 is 16.0 Å². The molecule has 10 heteroatoms. The van der Waals surface area contributed by atoms with Crippen LogP contribution in [0.25, 0.3) is 0 Å². The molecule has 1 aromatic rings. The topological polar surface area (TPSA) is 132 Å². The summed E-state index contributed by atoms with van der Waals surface area (Å²) in [4.78, 5) is 48.1. The minimum Gasteiger partial charge on any atom is -0.329 e. The molecule has 0 spiro atoms. The molecule has 1 fully saturated rings. The van der Waals surface area contributed by atoms with Crippen molar-refractivity contribution in [2.45, 2.75) is 37.8 Å². The van der Waals surface area contributed by atoms with E-state index in [4.69, 9.17) is 6.42 Å². The Labute approximate surface area is 173 Å². The van der Waals surface area contributed by atoms with Crippen molar-refractivity contribution in [3.8, 4) is 12.3 Å². The van der Waals surface area contributed by atoms with Crippen molar-refractivity contribution in [1.82, 2.24) is 10.2 Å². The van der Waals surface area contributed by atoms with Crippen LogP contribution >= 0.6 is 0 Å². The Morgan fingerprint density at radius 3 is 2.17 bits per heavy atom. The van der Waals surface area contributed by atoms with E-state index in [-0.39, 0.29) is 43.7 Å². The number of imide groups is 1. The van der Waals surface area contributed by atoms with Gasteiger partial charge in [0.05, 0.1) is 6.54 Å². The van der Waals surface area contributed by atoms with Crippen molar-refractivity contribution in [2.24, 2.45) is 10.2 Å². The molecular weight excluding hydrogens is 388 g/mol. The van der Waals surface area contributed by atoms with Crippen LogP contribution in [0, 0.1) is 12.3 Å². The minimum atomic E-state index is -0.488. The van der Waals surface area contributed by atoms with E-state index in [1.54, 1.807) is 24.3 Å². The van der Waals surface area contributed by atoms with E-state index in [1.807, 2.05) is 0 Å². The third kappa shape index (κ3) is 5.64. The van der Waals surface area contributed by atoms with Gasteiger partial charge in [-0.1, -0.05) is 0 Å². The lowest BCUT2D eigenvalue weighted by molar-refractivity contribution is -0.125. The molecule has 10 nitrogen and oxygen atoms in total. The number of rotatable bonds is 10. The fraction of sp³-hybridized carbons (Fsp3) is 0.400. The van der Waals surface area contributed by atoms with E-state index in [0.717, 1.165) is 4.90 Å². The van der Waals surface area contributed by atoms with Gasteiger partial charge in [-0.05, 0) is 24.3 Å². The Morgan fingerprint density at radius 2 is 1.67 bits per heavy atom. The molecule has 2 heterocycles. The predicted molar refractivity (Wildman–Crippen MR) is 108 cm³/mol. The van der Waals surface area contributed by atoms with Crippen LogP contribution in [0.3, 0.4) is 0 Å². The van der Waals surface area contributed by atoms with Crippen LogP contribution in [-0.4, -0.2) is 47.4 Å². The first-order valence-electron chi connectivity index (χ1n) is 9.56. The van der Waals surface area contributed by atoms with Gasteiger partial charge >= 0.3 is 6.03 Å². The van der Waals surface area contributed by atoms with Crippen LogP contribution in [0.1, 0.15) is 32.1 Å². The molecule has 3 N–H and O–H groups in total. The average molecular weight is 410 g/mol. The van der Waals surface area contributed by atoms with Gasteiger partial charge in [0, 0.05) is 50.0 Å². The Bertz CT molecular complexity index is 896. The highest BCUT2D eigenvalue weighted by Crippen LogP contribution is 2.37. The summed E-state index contributed by atoms with van der Waals surface area (Å²) < 4.78 is 0. The number of carbonyl (C=O) groups is 4. The monoisotopic (exact) mass is 410 g/mol. The summed E-state index contributed by atoms with van der Waals surface area (Å²) in [6.07, 6.45) is 7.27. The van der Waals surface area contributed by atoms with Crippen molar-refractivity contribution in [3.05, 3.63) is 24.3 Å². The Balaban J connectivity index is 1.39. The SMILES string of the molecule is C#CCCC1(CCC(=O)Nc2ccc(NC(=O)CCN3C(=O)CNC3=O)cc2)N=N1. The highest BCUT2D eigenvalue weighted by Gasteiger charge is 2.39. The van der Waals surface area contributed by atoms with Gasteiger partial charge in [-0.25, -0.2) is 4.79 Å². The van der Waals surface area contributed by atoms with Gasteiger partial charge in [-0.2, -0.15) is 10.2 Å². The standard InChI is InChI=1S/C20H22N6O4/c1-2-3-10-20(24-25-20)11-8-16(27)22-14-4-6-15(7-5-14)23-17(28)9-12-26-18(29)13-21-19(26)30/h1,4-7H,3,8-13H2,(H,21,30)(H,22,27)(H,23,28). The van der Waals surface area contributed by atoms with Crippen LogP contribution in [0.15, 0.2) is 34.5 Å². The maximum absolute atomic E-state index is 12.1. The molecule has 0 radical (unpaired) electrons. The van der Waals surface area contributed by atoms with Gasteiger partial charge in [-0.15, -0.1) is 12.3 Å². The third-order valence-electron chi connectivity index (χ3n) is 4.76. The molecule has 2 aliphatic heterocycles. The van der Waals surface area contributed by atoms with Crippen molar-refractivity contribution in [3.63, 3.8) is 0 Å². The molecule has 2 aliphatic rings. The summed E-state index contributed by atoms with van der Waals surface area (Å²) >= 11 is 0. The van der Waals surface area contributed by atoms with Crippen molar-refractivity contribution < 1.29 is 19.2 Å². The molecule has 0 bridgehead atoms. The first-order chi connectivity index (χ1) is 14.4.